The number of likely N-dealkylation sites (N-methyl/N-ethyl adjacent to an activating group) is 1. The molecule has 0 saturated heterocycles. The first-order valence-corrected chi connectivity index (χ1v) is 5.92. The molecule has 0 heterocycles. The number of nitrogens with one attached hydrogen (secondary N) is 1. The summed E-state index contributed by atoms with van der Waals surface area (Å²) in [6, 6.07) is 3.98. The molecule has 0 atom stereocenters. The van der Waals surface area contributed by atoms with Crippen LogP contribution in [-0.2, 0) is 4.79 Å². The lowest BCUT2D eigenvalue weighted by Crippen LogP contribution is -2.25. The van der Waals surface area contributed by atoms with E-state index in [1.165, 1.54) is 25.1 Å². The highest BCUT2D eigenvalue weighted by molar-refractivity contribution is 5.90. The average Bonchev–Trinajstić information content (AvgIpc) is 2.39. The Hall–Kier alpha value is -2.19. The van der Waals surface area contributed by atoms with Gasteiger partial charge in [-0.1, -0.05) is 0 Å². The number of hydrogen-bond acceptors (Lipinski definition) is 6. The number of anilines is 1. The summed E-state index contributed by atoms with van der Waals surface area (Å²) in [5, 5.41) is 22.0. The number of non-ortho nitro benzene ring substituents is 1. The Morgan fingerprint density at radius 1 is 1.55 bits per heavy atom. The molecule has 0 bridgehead atoms. The van der Waals surface area contributed by atoms with Crippen molar-refractivity contribution in [2.45, 2.75) is 6.92 Å². The monoisotopic (exact) mass is 283 g/mol. The normalized spacial score (nSPS) is 10.4. The van der Waals surface area contributed by atoms with Crippen molar-refractivity contribution in [3.63, 3.8) is 0 Å². The van der Waals surface area contributed by atoms with E-state index in [1.807, 2.05) is 0 Å². The molecule has 1 rings (SSSR count). The van der Waals surface area contributed by atoms with Crippen molar-refractivity contribution < 1.29 is 19.6 Å². The van der Waals surface area contributed by atoms with E-state index in [9.17, 15) is 14.9 Å². The summed E-state index contributed by atoms with van der Waals surface area (Å²) in [6.07, 6.45) is 0. The smallest absolute Gasteiger partial charge is 0.271 e. The van der Waals surface area contributed by atoms with E-state index in [0.717, 1.165) is 0 Å². The standard InChI is InChI=1S/C12H17N3O5/c1-9(17)13-11-7-10(15(18)19)3-4-12(11)20-6-5-14(2)8-16/h3-4,7,16H,5-6,8H2,1-2H3,(H,13,17). The molecule has 110 valence electrons. The zero-order valence-corrected chi connectivity index (χ0v) is 11.3. The van der Waals surface area contributed by atoms with Crippen LogP contribution in [0.2, 0.25) is 0 Å². The fourth-order valence-corrected chi connectivity index (χ4v) is 1.43. The fraction of sp³-hybridized carbons (Fsp3) is 0.417. The molecular formula is C12H17N3O5. The van der Waals surface area contributed by atoms with Crippen LogP contribution in [0.1, 0.15) is 6.92 Å². The second-order valence-corrected chi connectivity index (χ2v) is 4.19. The first-order chi connectivity index (χ1) is 9.43. The molecule has 20 heavy (non-hydrogen) atoms. The van der Waals surface area contributed by atoms with Gasteiger partial charge in [0.15, 0.2) is 0 Å². The van der Waals surface area contributed by atoms with Crippen LogP contribution >= 0.6 is 0 Å². The Balaban J connectivity index is 2.82. The van der Waals surface area contributed by atoms with Gasteiger partial charge in [0, 0.05) is 25.6 Å². The molecule has 0 aliphatic rings. The van der Waals surface area contributed by atoms with Crippen LogP contribution in [0.3, 0.4) is 0 Å². The van der Waals surface area contributed by atoms with Gasteiger partial charge < -0.3 is 15.2 Å². The third kappa shape index (κ3) is 4.82. The molecule has 0 aliphatic carbocycles. The van der Waals surface area contributed by atoms with E-state index < -0.39 is 4.92 Å². The van der Waals surface area contributed by atoms with Crippen molar-refractivity contribution in [2.75, 3.05) is 32.2 Å². The van der Waals surface area contributed by atoms with Crippen LogP contribution < -0.4 is 10.1 Å². The summed E-state index contributed by atoms with van der Waals surface area (Å²) in [4.78, 5) is 22.9. The highest BCUT2D eigenvalue weighted by atomic mass is 16.6. The largest absolute Gasteiger partial charge is 0.490 e. The molecule has 0 unspecified atom stereocenters. The Bertz CT molecular complexity index is 492. The molecule has 2 N–H and O–H groups in total. The van der Waals surface area contributed by atoms with Crippen molar-refractivity contribution in [3.8, 4) is 5.75 Å². The first kappa shape index (κ1) is 15.9. The maximum Gasteiger partial charge on any atom is 0.271 e. The molecule has 1 aromatic rings. The molecule has 0 radical (unpaired) electrons. The fourth-order valence-electron chi connectivity index (χ4n) is 1.43. The number of hydrogen-bond donors (Lipinski definition) is 2. The predicted molar refractivity (Wildman–Crippen MR) is 72.6 cm³/mol. The maximum absolute atomic E-state index is 11.1. The molecule has 0 fully saturated rings. The second kappa shape index (κ2) is 7.41. The summed E-state index contributed by atoms with van der Waals surface area (Å²) in [7, 11) is 1.72. The van der Waals surface area contributed by atoms with Gasteiger partial charge in [-0.3, -0.25) is 19.8 Å². The van der Waals surface area contributed by atoms with Crippen LogP contribution in [-0.4, -0.2) is 47.8 Å². The van der Waals surface area contributed by atoms with E-state index in [2.05, 4.69) is 5.32 Å². The van der Waals surface area contributed by atoms with Crippen LogP contribution in [0.4, 0.5) is 11.4 Å². The Morgan fingerprint density at radius 2 is 2.25 bits per heavy atom. The number of aliphatic hydroxyl groups is 1. The Labute approximate surface area is 116 Å². The van der Waals surface area contributed by atoms with Gasteiger partial charge in [0.2, 0.25) is 5.91 Å². The van der Waals surface area contributed by atoms with E-state index in [0.29, 0.717) is 12.3 Å². The van der Waals surface area contributed by atoms with Gasteiger partial charge in [0.1, 0.15) is 12.4 Å². The second-order valence-electron chi connectivity index (χ2n) is 4.19. The number of carbonyl (C=O) groups excluding carboxylic acids is 1. The van der Waals surface area contributed by atoms with Gasteiger partial charge in [0.05, 0.1) is 17.3 Å². The van der Waals surface area contributed by atoms with Crippen molar-refractivity contribution in [3.05, 3.63) is 28.3 Å². The van der Waals surface area contributed by atoms with E-state index in [4.69, 9.17) is 9.84 Å². The summed E-state index contributed by atoms with van der Waals surface area (Å²) in [6.45, 7) is 1.97. The Morgan fingerprint density at radius 3 is 2.80 bits per heavy atom. The molecule has 0 spiro atoms. The van der Waals surface area contributed by atoms with E-state index in [-0.39, 0.29) is 30.6 Å². The number of aliphatic hydroxyl groups excluding tert-OH is 1. The summed E-state index contributed by atoms with van der Waals surface area (Å²) >= 11 is 0. The SMILES string of the molecule is CC(=O)Nc1cc([N+](=O)[O-])ccc1OCCN(C)CO. The zero-order chi connectivity index (χ0) is 15.1. The number of benzene rings is 1. The summed E-state index contributed by atoms with van der Waals surface area (Å²) < 4.78 is 5.46. The first-order valence-electron chi connectivity index (χ1n) is 5.92. The third-order valence-corrected chi connectivity index (χ3v) is 2.46. The molecular weight excluding hydrogens is 266 g/mol. The van der Waals surface area contributed by atoms with Gasteiger partial charge >= 0.3 is 0 Å². The van der Waals surface area contributed by atoms with E-state index >= 15 is 0 Å². The van der Waals surface area contributed by atoms with Gasteiger partial charge in [0.25, 0.3) is 5.69 Å². The molecule has 0 aliphatic heterocycles. The molecule has 1 aromatic carbocycles. The zero-order valence-electron chi connectivity index (χ0n) is 11.3. The number of nitro benzene ring substituents is 1. The van der Waals surface area contributed by atoms with Gasteiger partial charge in [-0.05, 0) is 13.1 Å². The third-order valence-electron chi connectivity index (χ3n) is 2.46. The summed E-state index contributed by atoms with van der Waals surface area (Å²) in [5.41, 5.74) is 0.118. The molecule has 0 saturated carbocycles. The highest BCUT2D eigenvalue weighted by Gasteiger charge is 2.13. The average molecular weight is 283 g/mol. The van der Waals surface area contributed by atoms with Crippen molar-refractivity contribution in [1.29, 1.82) is 0 Å². The predicted octanol–water partition coefficient (Wildman–Crippen LogP) is 0.814. The van der Waals surface area contributed by atoms with Crippen LogP contribution in [0.5, 0.6) is 5.75 Å². The van der Waals surface area contributed by atoms with Gasteiger partial charge in [-0.2, -0.15) is 0 Å². The van der Waals surface area contributed by atoms with Crippen molar-refractivity contribution in [1.82, 2.24) is 4.90 Å². The van der Waals surface area contributed by atoms with Crippen molar-refractivity contribution in [2.24, 2.45) is 0 Å². The minimum Gasteiger partial charge on any atom is -0.490 e. The quantitative estimate of drug-likeness (QED) is 0.436. The van der Waals surface area contributed by atoms with Crippen molar-refractivity contribution >= 4 is 17.3 Å². The topological polar surface area (TPSA) is 105 Å². The van der Waals surface area contributed by atoms with Crippen LogP contribution in [0.25, 0.3) is 0 Å². The Kier molecular flexibility index (Phi) is 5.88. The summed E-state index contributed by atoms with van der Waals surface area (Å²) in [5.74, 6) is -0.0000333. The number of ether oxygens (including phenoxy) is 1. The lowest BCUT2D eigenvalue weighted by Gasteiger charge is -2.15. The molecule has 8 nitrogen and oxygen atoms in total. The molecule has 8 heteroatoms. The number of amides is 1. The minimum absolute atomic E-state index is 0.0951. The molecule has 0 aromatic heterocycles. The van der Waals surface area contributed by atoms with Gasteiger partial charge in [-0.15, -0.1) is 0 Å². The number of carbonyl (C=O) groups is 1. The number of nitro groups is 1. The van der Waals surface area contributed by atoms with Gasteiger partial charge in [-0.25, -0.2) is 0 Å². The molecule has 1 amide bonds. The van der Waals surface area contributed by atoms with E-state index in [1.54, 1.807) is 11.9 Å². The lowest BCUT2D eigenvalue weighted by molar-refractivity contribution is -0.384. The highest BCUT2D eigenvalue weighted by Crippen LogP contribution is 2.29. The minimum atomic E-state index is -0.547. The van der Waals surface area contributed by atoms with Crippen LogP contribution in [0, 0.1) is 10.1 Å². The van der Waals surface area contributed by atoms with Crippen LogP contribution in [0.15, 0.2) is 18.2 Å². The maximum atomic E-state index is 11.1. The number of rotatable bonds is 7. The number of nitrogens with zero attached hydrogens (tertiary/aromatic N) is 2. The lowest BCUT2D eigenvalue weighted by atomic mass is 10.2.